The average molecular weight is 395 g/mol. The van der Waals surface area contributed by atoms with Crippen LogP contribution in [0, 0.1) is 12.8 Å². The van der Waals surface area contributed by atoms with Gasteiger partial charge < -0.3 is 14.5 Å². The van der Waals surface area contributed by atoms with E-state index in [2.05, 4.69) is 15.0 Å². The molecular weight excluding hydrogens is 370 g/mol. The van der Waals surface area contributed by atoms with Crippen molar-refractivity contribution < 1.29 is 14.3 Å². The smallest absolute Gasteiger partial charge is 0.241 e. The highest BCUT2D eigenvalue weighted by atomic mass is 16.5. The molecule has 0 bridgehead atoms. The van der Waals surface area contributed by atoms with Gasteiger partial charge in [-0.2, -0.15) is 0 Å². The number of nitrogens with zero attached hydrogens (tertiary/aromatic N) is 5. The van der Waals surface area contributed by atoms with Crippen molar-refractivity contribution in [1.29, 1.82) is 0 Å². The number of aromatic nitrogens is 3. The van der Waals surface area contributed by atoms with Gasteiger partial charge >= 0.3 is 0 Å². The van der Waals surface area contributed by atoms with Crippen LogP contribution in [-0.2, 0) is 9.59 Å². The number of hydrogen-bond donors (Lipinski definition) is 0. The Kier molecular flexibility index (Phi) is 5.42. The molecule has 0 radical (unpaired) electrons. The summed E-state index contributed by atoms with van der Waals surface area (Å²) < 4.78 is 6.01. The SMILES string of the molecule is Cc1ncccc1Oc1nccnc1C1CCN(C(=O)[C@H]2CC(=O)N(C)C2)CC1. The maximum absolute atomic E-state index is 12.8. The lowest BCUT2D eigenvalue weighted by Crippen LogP contribution is -2.42. The summed E-state index contributed by atoms with van der Waals surface area (Å²) in [5, 5.41) is 0. The number of rotatable bonds is 4. The molecule has 0 unspecified atom stereocenters. The Morgan fingerprint density at radius 2 is 1.90 bits per heavy atom. The van der Waals surface area contributed by atoms with Crippen molar-refractivity contribution in [2.24, 2.45) is 5.92 Å². The number of aryl methyl sites for hydroxylation is 1. The second kappa shape index (κ2) is 8.14. The maximum Gasteiger partial charge on any atom is 0.241 e. The number of likely N-dealkylation sites (tertiary alicyclic amines) is 2. The van der Waals surface area contributed by atoms with Crippen molar-refractivity contribution in [3.05, 3.63) is 42.1 Å². The van der Waals surface area contributed by atoms with Crippen LogP contribution >= 0.6 is 0 Å². The molecule has 8 nitrogen and oxygen atoms in total. The summed E-state index contributed by atoms with van der Waals surface area (Å²) in [4.78, 5) is 41.2. The molecule has 0 spiro atoms. The average Bonchev–Trinajstić information content (AvgIpc) is 3.08. The van der Waals surface area contributed by atoms with Crippen LogP contribution < -0.4 is 4.74 Å². The number of hydrogen-bond acceptors (Lipinski definition) is 6. The van der Waals surface area contributed by atoms with Crippen molar-refractivity contribution >= 4 is 11.8 Å². The third-order valence-corrected chi connectivity index (χ3v) is 5.74. The van der Waals surface area contributed by atoms with Gasteiger partial charge in [-0.3, -0.25) is 19.6 Å². The molecule has 2 aromatic heterocycles. The molecule has 8 heteroatoms. The zero-order chi connectivity index (χ0) is 20.4. The van der Waals surface area contributed by atoms with Gasteiger partial charge in [-0.05, 0) is 31.9 Å². The van der Waals surface area contributed by atoms with E-state index in [0.29, 0.717) is 37.7 Å². The van der Waals surface area contributed by atoms with Gasteiger partial charge in [-0.1, -0.05) is 0 Å². The van der Waals surface area contributed by atoms with Gasteiger partial charge in [0.25, 0.3) is 0 Å². The summed E-state index contributed by atoms with van der Waals surface area (Å²) in [5.41, 5.74) is 1.61. The molecule has 0 aromatic carbocycles. The molecule has 2 aliphatic heterocycles. The molecular formula is C21H25N5O3. The highest BCUT2D eigenvalue weighted by Crippen LogP contribution is 2.34. The van der Waals surface area contributed by atoms with E-state index >= 15 is 0 Å². The maximum atomic E-state index is 12.8. The van der Waals surface area contributed by atoms with Crippen molar-refractivity contribution in [3.8, 4) is 11.6 Å². The van der Waals surface area contributed by atoms with Crippen LogP contribution in [-0.4, -0.2) is 63.2 Å². The van der Waals surface area contributed by atoms with Gasteiger partial charge in [0.05, 0.1) is 11.6 Å². The Morgan fingerprint density at radius 3 is 2.59 bits per heavy atom. The summed E-state index contributed by atoms with van der Waals surface area (Å²) in [7, 11) is 1.75. The molecule has 2 amide bonds. The van der Waals surface area contributed by atoms with Gasteiger partial charge in [-0.15, -0.1) is 0 Å². The molecule has 0 N–H and O–H groups in total. The molecule has 0 saturated carbocycles. The number of amides is 2. The van der Waals surface area contributed by atoms with Gasteiger partial charge in [-0.25, -0.2) is 4.98 Å². The van der Waals surface area contributed by atoms with Crippen LogP contribution in [0.3, 0.4) is 0 Å². The van der Waals surface area contributed by atoms with E-state index in [1.165, 1.54) is 0 Å². The van der Waals surface area contributed by atoms with Crippen molar-refractivity contribution in [2.75, 3.05) is 26.7 Å². The van der Waals surface area contributed by atoms with E-state index in [9.17, 15) is 9.59 Å². The highest BCUT2D eigenvalue weighted by molar-refractivity contribution is 5.89. The summed E-state index contributed by atoms with van der Waals surface area (Å²) >= 11 is 0. The van der Waals surface area contributed by atoms with E-state index < -0.39 is 0 Å². The minimum absolute atomic E-state index is 0.0466. The normalized spacial score (nSPS) is 20.2. The fourth-order valence-corrected chi connectivity index (χ4v) is 4.04. The Hall–Kier alpha value is -3.03. The Morgan fingerprint density at radius 1 is 1.14 bits per heavy atom. The summed E-state index contributed by atoms with van der Waals surface area (Å²) in [6.07, 6.45) is 6.93. The first kappa shape index (κ1) is 19.3. The van der Waals surface area contributed by atoms with Crippen LogP contribution in [0.15, 0.2) is 30.7 Å². The fraction of sp³-hybridized carbons (Fsp3) is 0.476. The minimum Gasteiger partial charge on any atom is -0.435 e. The van der Waals surface area contributed by atoms with Crippen LogP contribution in [0.2, 0.25) is 0 Å². The van der Waals surface area contributed by atoms with Gasteiger partial charge in [0, 0.05) is 57.6 Å². The zero-order valence-corrected chi connectivity index (χ0v) is 16.7. The summed E-state index contributed by atoms with van der Waals surface area (Å²) in [6.45, 7) is 3.71. The van der Waals surface area contributed by atoms with Crippen LogP contribution in [0.5, 0.6) is 11.6 Å². The molecule has 4 rings (SSSR count). The second-order valence-corrected chi connectivity index (χ2v) is 7.71. The Balaban J connectivity index is 1.42. The standard InChI is InChI=1S/C21H25N5O3/c1-14-17(4-3-7-22-14)29-20-19(23-8-9-24-20)15-5-10-26(11-6-15)21(28)16-12-18(27)25(2)13-16/h3-4,7-9,15-16H,5-6,10-13H2,1-2H3/t16-/m0/s1. The number of ether oxygens (including phenoxy) is 1. The van der Waals surface area contributed by atoms with Gasteiger partial charge in [0.15, 0.2) is 5.75 Å². The van der Waals surface area contributed by atoms with Gasteiger partial charge in [0.2, 0.25) is 17.7 Å². The molecule has 29 heavy (non-hydrogen) atoms. The summed E-state index contributed by atoms with van der Waals surface area (Å²) in [6, 6.07) is 3.69. The topological polar surface area (TPSA) is 88.5 Å². The molecule has 0 aliphatic carbocycles. The predicted octanol–water partition coefficient (Wildman–Crippen LogP) is 2.16. The minimum atomic E-state index is -0.215. The third kappa shape index (κ3) is 4.06. The van der Waals surface area contributed by atoms with E-state index in [-0.39, 0.29) is 23.7 Å². The monoisotopic (exact) mass is 395 g/mol. The molecule has 152 valence electrons. The first-order valence-electron chi connectivity index (χ1n) is 9.96. The number of carbonyl (C=O) groups excluding carboxylic acids is 2. The molecule has 2 fully saturated rings. The zero-order valence-electron chi connectivity index (χ0n) is 16.7. The van der Waals surface area contributed by atoms with E-state index in [1.807, 2.05) is 24.0 Å². The molecule has 2 aromatic rings. The number of carbonyl (C=O) groups is 2. The van der Waals surface area contributed by atoms with E-state index in [1.54, 1.807) is 30.5 Å². The lowest BCUT2D eigenvalue weighted by atomic mass is 9.92. The van der Waals surface area contributed by atoms with Gasteiger partial charge in [0.1, 0.15) is 5.69 Å². The second-order valence-electron chi connectivity index (χ2n) is 7.71. The first-order valence-corrected chi connectivity index (χ1v) is 9.96. The third-order valence-electron chi connectivity index (χ3n) is 5.74. The van der Waals surface area contributed by atoms with Crippen LogP contribution in [0.25, 0.3) is 0 Å². The van der Waals surface area contributed by atoms with Crippen LogP contribution in [0.1, 0.15) is 36.6 Å². The fourth-order valence-electron chi connectivity index (χ4n) is 4.04. The van der Waals surface area contributed by atoms with Crippen molar-refractivity contribution in [3.63, 3.8) is 0 Å². The lowest BCUT2D eigenvalue weighted by molar-refractivity contribution is -0.136. The summed E-state index contributed by atoms with van der Waals surface area (Å²) in [5.74, 6) is 1.25. The van der Waals surface area contributed by atoms with Crippen molar-refractivity contribution in [2.45, 2.75) is 32.1 Å². The largest absolute Gasteiger partial charge is 0.435 e. The van der Waals surface area contributed by atoms with E-state index in [0.717, 1.165) is 24.2 Å². The molecule has 4 heterocycles. The Labute approximate surface area is 169 Å². The highest BCUT2D eigenvalue weighted by Gasteiger charge is 2.36. The molecule has 2 saturated heterocycles. The van der Waals surface area contributed by atoms with Crippen LogP contribution in [0.4, 0.5) is 0 Å². The quantitative estimate of drug-likeness (QED) is 0.788. The number of pyridine rings is 1. The molecule has 2 aliphatic rings. The van der Waals surface area contributed by atoms with Crippen molar-refractivity contribution in [1.82, 2.24) is 24.8 Å². The first-order chi connectivity index (χ1) is 14.0. The Bertz CT molecular complexity index is 911. The lowest BCUT2D eigenvalue weighted by Gasteiger charge is -2.33. The molecule has 1 atom stereocenters. The predicted molar refractivity (Wildman–Crippen MR) is 105 cm³/mol. The van der Waals surface area contributed by atoms with E-state index in [4.69, 9.17) is 4.74 Å². The number of piperidine rings is 1.